The van der Waals surface area contributed by atoms with Gasteiger partial charge in [-0.1, -0.05) is 41.6 Å². The first-order valence-electron chi connectivity index (χ1n) is 7.08. The number of carbonyl (C=O) groups excluding carboxylic acids is 1. The maximum atomic E-state index is 12.5. The van der Waals surface area contributed by atoms with Gasteiger partial charge in [0.2, 0.25) is 0 Å². The zero-order chi connectivity index (χ0) is 17.2. The molecule has 0 amide bonds. The van der Waals surface area contributed by atoms with Crippen LogP contribution in [0.3, 0.4) is 0 Å². The fourth-order valence-corrected chi connectivity index (χ4v) is 2.17. The van der Waals surface area contributed by atoms with Gasteiger partial charge < -0.3 is 9.26 Å². The molecule has 1 aromatic heterocycles. The summed E-state index contributed by atoms with van der Waals surface area (Å²) in [7, 11) is 0. The molecule has 1 aliphatic carbocycles. The minimum absolute atomic E-state index is 0.0926. The Balaban J connectivity index is 1.64. The Kier molecular flexibility index (Phi) is 4.24. The lowest BCUT2D eigenvalue weighted by atomic mass is 10.1. The number of halogens is 3. The number of benzene rings is 1. The smallest absolute Gasteiger partial charge is 0.416 e. The van der Waals surface area contributed by atoms with Gasteiger partial charge in [-0.05, 0) is 12.1 Å². The Labute approximate surface area is 135 Å². The molecular formula is C17H12F3NO3. The minimum atomic E-state index is -4.38. The number of nitrogens with zero attached hydrogens (tertiary/aromatic N) is 1. The quantitative estimate of drug-likeness (QED) is 0.788. The SMILES string of the molecule is O=C(OCc1cc(-c2ccc(C(F)(F)F)cc2)no1)C1C=CC=C1. The summed E-state index contributed by atoms with van der Waals surface area (Å²) in [4.78, 5) is 11.7. The van der Waals surface area contributed by atoms with Crippen LogP contribution in [0.25, 0.3) is 11.3 Å². The van der Waals surface area contributed by atoms with Crippen LogP contribution in [0.1, 0.15) is 11.3 Å². The largest absolute Gasteiger partial charge is 0.457 e. The van der Waals surface area contributed by atoms with E-state index in [2.05, 4.69) is 5.16 Å². The molecule has 0 bridgehead atoms. The van der Waals surface area contributed by atoms with Crippen LogP contribution >= 0.6 is 0 Å². The van der Waals surface area contributed by atoms with Crippen LogP contribution in [0.5, 0.6) is 0 Å². The molecule has 0 aliphatic heterocycles. The molecule has 0 saturated heterocycles. The highest BCUT2D eigenvalue weighted by Gasteiger charge is 2.30. The number of hydrogen-bond donors (Lipinski definition) is 0. The van der Waals surface area contributed by atoms with Crippen molar-refractivity contribution in [1.82, 2.24) is 5.16 Å². The maximum absolute atomic E-state index is 12.5. The number of carbonyl (C=O) groups is 1. The summed E-state index contributed by atoms with van der Waals surface area (Å²) in [6, 6.07) is 6.09. The van der Waals surface area contributed by atoms with Crippen molar-refractivity contribution in [3.63, 3.8) is 0 Å². The highest BCUT2D eigenvalue weighted by molar-refractivity contribution is 5.77. The number of rotatable bonds is 4. The molecule has 24 heavy (non-hydrogen) atoms. The molecular weight excluding hydrogens is 323 g/mol. The lowest BCUT2D eigenvalue weighted by molar-refractivity contribution is -0.147. The molecule has 1 aromatic carbocycles. The van der Waals surface area contributed by atoms with Crippen molar-refractivity contribution >= 4 is 5.97 Å². The van der Waals surface area contributed by atoms with Crippen molar-refractivity contribution in [2.24, 2.45) is 5.92 Å². The third-order valence-electron chi connectivity index (χ3n) is 3.44. The van der Waals surface area contributed by atoms with Gasteiger partial charge in [0.25, 0.3) is 0 Å². The molecule has 2 aromatic rings. The lowest BCUT2D eigenvalue weighted by Gasteiger charge is -2.06. The Morgan fingerprint density at radius 3 is 2.46 bits per heavy atom. The number of ether oxygens (including phenoxy) is 1. The molecule has 0 N–H and O–H groups in total. The predicted octanol–water partition coefficient (Wildman–Crippen LogP) is 4.15. The van der Waals surface area contributed by atoms with Crippen molar-refractivity contribution in [2.45, 2.75) is 12.8 Å². The van der Waals surface area contributed by atoms with Gasteiger partial charge in [-0.3, -0.25) is 4.79 Å². The Bertz CT molecular complexity index is 776. The van der Waals surface area contributed by atoms with Crippen molar-refractivity contribution in [3.8, 4) is 11.3 Å². The average Bonchev–Trinajstić information content (AvgIpc) is 3.23. The molecule has 7 heteroatoms. The second-order valence-electron chi connectivity index (χ2n) is 5.16. The Morgan fingerprint density at radius 2 is 1.83 bits per heavy atom. The Morgan fingerprint density at radius 1 is 1.17 bits per heavy atom. The zero-order valence-corrected chi connectivity index (χ0v) is 12.3. The summed E-state index contributed by atoms with van der Waals surface area (Å²) in [5, 5.41) is 3.78. The summed E-state index contributed by atoms with van der Waals surface area (Å²) < 4.78 is 47.8. The molecule has 0 radical (unpaired) electrons. The number of aromatic nitrogens is 1. The first-order chi connectivity index (χ1) is 11.4. The summed E-state index contributed by atoms with van der Waals surface area (Å²) in [5.41, 5.74) is 0.114. The summed E-state index contributed by atoms with van der Waals surface area (Å²) >= 11 is 0. The first kappa shape index (κ1) is 16.0. The number of hydrogen-bond acceptors (Lipinski definition) is 4. The van der Waals surface area contributed by atoms with Crippen LogP contribution in [0.15, 0.2) is 59.2 Å². The van der Waals surface area contributed by atoms with Gasteiger partial charge in [0.05, 0.1) is 11.5 Å². The number of esters is 1. The van der Waals surface area contributed by atoms with Crippen LogP contribution < -0.4 is 0 Å². The van der Waals surface area contributed by atoms with Gasteiger partial charge in [0.1, 0.15) is 5.69 Å². The fourth-order valence-electron chi connectivity index (χ4n) is 2.17. The second kappa shape index (κ2) is 6.35. The predicted molar refractivity (Wildman–Crippen MR) is 78.5 cm³/mol. The van der Waals surface area contributed by atoms with Gasteiger partial charge in [-0.2, -0.15) is 13.2 Å². The third-order valence-corrected chi connectivity index (χ3v) is 3.44. The highest BCUT2D eigenvalue weighted by Crippen LogP contribution is 2.30. The van der Waals surface area contributed by atoms with Crippen molar-refractivity contribution in [3.05, 3.63) is 66.0 Å². The second-order valence-corrected chi connectivity index (χ2v) is 5.16. The van der Waals surface area contributed by atoms with Gasteiger partial charge in [0.15, 0.2) is 12.4 Å². The monoisotopic (exact) mass is 335 g/mol. The summed E-state index contributed by atoms with van der Waals surface area (Å²) in [6.07, 6.45) is 2.53. The van der Waals surface area contributed by atoms with Crippen LogP contribution in [0.4, 0.5) is 13.2 Å². The summed E-state index contributed by atoms with van der Waals surface area (Å²) in [5.74, 6) is -0.501. The van der Waals surface area contributed by atoms with Crippen LogP contribution in [-0.2, 0) is 22.3 Å². The molecule has 3 rings (SSSR count). The van der Waals surface area contributed by atoms with E-state index in [-0.39, 0.29) is 6.61 Å². The van der Waals surface area contributed by atoms with E-state index in [4.69, 9.17) is 9.26 Å². The van der Waals surface area contributed by atoms with E-state index >= 15 is 0 Å². The van der Waals surface area contributed by atoms with Crippen LogP contribution in [-0.4, -0.2) is 11.1 Å². The highest BCUT2D eigenvalue weighted by atomic mass is 19.4. The van der Waals surface area contributed by atoms with E-state index in [0.717, 1.165) is 12.1 Å². The van der Waals surface area contributed by atoms with Gasteiger partial charge in [-0.15, -0.1) is 0 Å². The number of alkyl halides is 3. The van der Waals surface area contributed by atoms with Gasteiger partial charge >= 0.3 is 12.1 Å². The van der Waals surface area contributed by atoms with E-state index < -0.39 is 23.6 Å². The average molecular weight is 335 g/mol. The molecule has 0 spiro atoms. The van der Waals surface area contributed by atoms with Crippen molar-refractivity contribution in [2.75, 3.05) is 0 Å². The third kappa shape index (κ3) is 3.56. The van der Waals surface area contributed by atoms with Gasteiger partial charge in [-0.25, -0.2) is 0 Å². The zero-order valence-electron chi connectivity index (χ0n) is 12.3. The fraction of sp³-hybridized carbons (Fsp3) is 0.176. The van der Waals surface area contributed by atoms with E-state index in [9.17, 15) is 18.0 Å². The van der Waals surface area contributed by atoms with Crippen LogP contribution in [0, 0.1) is 5.92 Å². The maximum Gasteiger partial charge on any atom is 0.416 e. The lowest BCUT2D eigenvalue weighted by Crippen LogP contribution is -2.12. The first-order valence-corrected chi connectivity index (χ1v) is 7.08. The molecule has 0 unspecified atom stereocenters. The molecule has 0 saturated carbocycles. The van der Waals surface area contributed by atoms with E-state index in [1.807, 2.05) is 0 Å². The topological polar surface area (TPSA) is 52.3 Å². The standard InChI is InChI=1S/C17H12F3NO3/c18-17(19,20)13-7-5-11(6-8-13)15-9-14(24-21-15)10-23-16(22)12-3-1-2-4-12/h1-9,12H,10H2. The molecule has 1 aliphatic rings. The van der Waals surface area contributed by atoms with E-state index in [1.165, 1.54) is 18.2 Å². The Hall–Kier alpha value is -2.83. The normalized spacial score (nSPS) is 14.3. The minimum Gasteiger partial charge on any atom is -0.457 e. The van der Waals surface area contributed by atoms with Crippen molar-refractivity contribution in [1.29, 1.82) is 0 Å². The molecule has 1 heterocycles. The number of allylic oxidation sites excluding steroid dienone is 2. The molecule has 4 nitrogen and oxygen atoms in total. The van der Waals surface area contributed by atoms with Gasteiger partial charge in [0, 0.05) is 11.6 Å². The van der Waals surface area contributed by atoms with E-state index in [1.54, 1.807) is 24.3 Å². The summed E-state index contributed by atoms with van der Waals surface area (Å²) in [6.45, 7) is -0.0926. The van der Waals surface area contributed by atoms with E-state index in [0.29, 0.717) is 17.0 Å². The van der Waals surface area contributed by atoms with Crippen molar-refractivity contribution < 1.29 is 27.2 Å². The molecule has 124 valence electrons. The molecule has 0 fully saturated rings. The van der Waals surface area contributed by atoms with Crippen LogP contribution in [0.2, 0.25) is 0 Å². The molecule has 0 atom stereocenters.